The molecule has 0 saturated carbocycles. The van der Waals surface area contributed by atoms with Gasteiger partial charge in [-0.2, -0.15) is 0 Å². The molecule has 1 amide bonds. The highest BCUT2D eigenvalue weighted by Crippen LogP contribution is 2.26. The molecule has 1 aromatic rings. The van der Waals surface area contributed by atoms with Gasteiger partial charge in [-0.15, -0.1) is 11.8 Å². The molecule has 0 aliphatic carbocycles. The maximum Gasteiger partial charge on any atom is 0.247 e. The summed E-state index contributed by atoms with van der Waals surface area (Å²) in [4.78, 5) is 12.3. The second-order valence-electron chi connectivity index (χ2n) is 3.36. The van der Waals surface area contributed by atoms with Crippen molar-refractivity contribution in [1.29, 1.82) is 0 Å². The zero-order valence-corrected chi connectivity index (χ0v) is 9.89. The van der Waals surface area contributed by atoms with Gasteiger partial charge < -0.3 is 0 Å². The molecule has 3 nitrogen and oxygen atoms in total. The third kappa shape index (κ3) is 3.83. The fourth-order valence-corrected chi connectivity index (χ4v) is 2.43. The van der Waals surface area contributed by atoms with Crippen LogP contribution in [0.3, 0.4) is 0 Å². The summed E-state index contributed by atoms with van der Waals surface area (Å²) in [6.45, 7) is 2.00. The van der Waals surface area contributed by atoms with Crippen molar-refractivity contribution in [1.82, 2.24) is 5.43 Å². The van der Waals surface area contributed by atoms with E-state index < -0.39 is 0 Å². The lowest BCUT2D eigenvalue weighted by Crippen LogP contribution is -2.37. The van der Waals surface area contributed by atoms with E-state index >= 15 is 0 Å². The van der Waals surface area contributed by atoms with Gasteiger partial charge in [0.05, 0.1) is 5.25 Å². The SMILES string of the molecule is CCCC(Sc1ccc(F)cc1)C(=O)NN. The number of carbonyl (C=O) groups excluding carboxylic acids is 1. The lowest BCUT2D eigenvalue weighted by molar-refractivity contribution is -0.120. The van der Waals surface area contributed by atoms with E-state index in [1.807, 2.05) is 6.92 Å². The van der Waals surface area contributed by atoms with Gasteiger partial charge in [-0.05, 0) is 30.7 Å². The van der Waals surface area contributed by atoms with E-state index in [4.69, 9.17) is 5.84 Å². The van der Waals surface area contributed by atoms with E-state index in [-0.39, 0.29) is 17.0 Å². The number of hydrogen-bond donors (Lipinski definition) is 2. The molecule has 1 unspecified atom stereocenters. The van der Waals surface area contributed by atoms with Crippen LogP contribution in [0.5, 0.6) is 0 Å². The number of hydrazine groups is 1. The van der Waals surface area contributed by atoms with Crippen molar-refractivity contribution in [3.05, 3.63) is 30.1 Å². The Morgan fingerprint density at radius 1 is 1.50 bits per heavy atom. The molecular formula is C11H15FN2OS. The van der Waals surface area contributed by atoms with Crippen LogP contribution in [0.15, 0.2) is 29.2 Å². The lowest BCUT2D eigenvalue weighted by Gasteiger charge is -2.13. The van der Waals surface area contributed by atoms with Gasteiger partial charge in [0.2, 0.25) is 5.91 Å². The van der Waals surface area contributed by atoms with Crippen LogP contribution in [-0.4, -0.2) is 11.2 Å². The van der Waals surface area contributed by atoms with E-state index in [1.54, 1.807) is 12.1 Å². The van der Waals surface area contributed by atoms with Crippen molar-refractivity contribution in [3.63, 3.8) is 0 Å². The molecule has 5 heteroatoms. The van der Waals surface area contributed by atoms with Crippen LogP contribution in [-0.2, 0) is 4.79 Å². The zero-order chi connectivity index (χ0) is 12.0. The van der Waals surface area contributed by atoms with Gasteiger partial charge in [0.1, 0.15) is 5.82 Å². The summed E-state index contributed by atoms with van der Waals surface area (Å²) in [7, 11) is 0. The number of halogens is 1. The number of benzene rings is 1. The molecule has 0 aromatic heterocycles. The highest BCUT2D eigenvalue weighted by atomic mass is 32.2. The van der Waals surface area contributed by atoms with E-state index in [1.165, 1.54) is 23.9 Å². The Labute approximate surface area is 98.6 Å². The number of amides is 1. The van der Waals surface area contributed by atoms with Gasteiger partial charge in [-0.1, -0.05) is 13.3 Å². The molecule has 0 aliphatic heterocycles. The summed E-state index contributed by atoms with van der Waals surface area (Å²) >= 11 is 1.40. The van der Waals surface area contributed by atoms with Gasteiger partial charge in [0.15, 0.2) is 0 Å². The lowest BCUT2D eigenvalue weighted by atomic mass is 10.2. The molecule has 0 radical (unpaired) electrons. The molecule has 0 spiro atoms. The van der Waals surface area contributed by atoms with E-state index in [9.17, 15) is 9.18 Å². The third-order valence-corrected chi connectivity index (χ3v) is 3.36. The first-order valence-corrected chi connectivity index (χ1v) is 5.98. The first-order chi connectivity index (χ1) is 7.67. The number of carbonyl (C=O) groups is 1. The molecule has 16 heavy (non-hydrogen) atoms. The van der Waals surface area contributed by atoms with Gasteiger partial charge in [0, 0.05) is 4.90 Å². The predicted molar refractivity (Wildman–Crippen MR) is 63.3 cm³/mol. The first-order valence-electron chi connectivity index (χ1n) is 5.10. The van der Waals surface area contributed by atoms with Crippen LogP contribution in [0, 0.1) is 5.82 Å². The topological polar surface area (TPSA) is 55.1 Å². The van der Waals surface area contributed by atoms with Crippen LogP contribution in [0.25, 0.3) is 0 Å². The fraction of sp³-hybridized carbons (Fsp3) is 0.364. The van der Waals surface area contributed by atoms with Crippen LogP contribution < -0.4 is 11.3 Å². The smallest absolute Gasteiger partial charge is 0.247 e. The maximum atomic E-state index is 12.7. The van der Waals surface area contributed by atoms with Gasteiger partial charge in [0.25, 0.3) is 0 Å². The Morgan fingerprint density at radius 2 is 2.12 bits per heavy atom. The number of nitrogens with one attached hydrogen (secondary N) is 1. The Morgan fingerprint density at radius 3 is 2.62 bits per heavy atom. The minimum atomic E-state index is -0.278. The zero-order valence-electron chi connectivity index (χ0n) is 9.07. The molecule has 3 N–H and O–H groups in total. The van der Waals surface area contributed by atoms with E-state index in [0.29, 0.717) is 0 Å². The third-order valence-electron chi connectivity index (χ3n) is 2.08. The maximum absolute atomic E-state index is 12.7. The molecule has 0 heterocycles. The number of rotatable bonds is 5. The summed E-state index contributed by atoms with van der Waals surface area (Å²) in [5, 5.41) is -0.222. The van der Waals surface area contributed by atoms with Gasteiger partial charge in [-0.3, -0.25) is 10.2 Å². The number of hydrogen-bond acceptors (Lipinski definition) is 3. The minimum absolute atomic E-state index is 0.198. The summed E-state index contributed by atoms with van der Waals surface area (Å²) in [5.74, 6) is 4.63. The molecule has 0 saturated heterocycles. The Kier molecular flexibility index (Phi) is 5.28. The molecule has 0 fully saturated rings. The van der Waals surface area contributed by atoms with Crippen molar-refractivity contribution < 1.29 is 9.18 Å². The molecule has 88 valence electrons. The van der Waals surface area contributed by atoms with Crippen molar-refractivity contribution in [2.75, 3.05) is 0 Å². The predicted octanol–water partition coefficient (Wildman–Crippen LogP) is 2.08. The van der Waals surface area contributed by atoms with Crippen molar-refractivity contribution in [2.24, 2.45) is 5.84 Å². The van der Waals surface area contributed by atoms with Crippen LogP contribution in [0.1, 0.15) is 19.8 Å². The van der Waals surface area contributed by atoms with E-state index in [0.717, 1.165) is 17.7 Å². The fourth-order valence-electron chi connectivity index (χ4n) is 1.28. The average molecular weight is 242 g/mol. The Balaban J connectivity index is 2.67. The van der Waals surface area contributed by atoms with E-state index in [2.05, 4.69) is 5.43 Å². The highest BCUT2D eigenvalue weighted by Gasteiger charge is 2.17. The average Bonchev–Trinajstić information content (AvgIpc) is 2.30. The van der Waals surface area contributed by atoms with Crippen molar-refractivity contribution >= 4 is 17.7 Å². The molecule has 1 atom stereocenters. The van der Waals surface area contributed by atoms with Crippen LogP contribution >= 0.6 is 11.8 Å². The van der Waals surface area contributed by atoms with Crippen LogP contribution in [0.2, 0.25) is 0 Å². The monoisotopic (exact) mass is 242 g/mol. The second kappa shape index (κ2) is 6.50. The summed E-state index contributed by atoms with van der Waals surface area (Å²) < 4.78 is 12.7. The first kappa shape index (κ1) is 13.0. The van der Waals surface area contributed by atoms with Crippen LogP contribution in [0.4, 0.5) is 4.39 Å². The van der Waals surface area contributed by atoms with Gasteiger partial charge >= 0.3 is 0 Å². The largest absolute Gasteiger partial charge is 0.293 e. The minimum Gasteiger partial charge on any atom is -0.293 e. The standard InChI is InChI=1S/C11H15FN2OS/c1-2-3-10(11(15)14-13)16-9-6-4-8(12)5-7-9/h4-7,10H,2-3,13H2,1H3,(H,14,15). The Hall–Kier alpha value is -1.07. The molecule has 1 rings (SSSR count). The summed E-state index contributed by atoms with van der Waals surface area (Å²) in [6.07, 6.45) is 1.64. The summed E-state index contributed by atoms with van der Waals surface area (Å²) in [6, 6.07) is 6.08. The molecule has 0 aliphatic rings. The molecule has 0 bridgehead atoms. The van der Waals surface area contributed by atoms with Crippen molar-refractivity contribution in [3.8, 4) is 0 Å². The van der Waals surface area contributed by atoms with Crippen molar-refractivity contribution in [2.45, 2.75) is 29.9 Å². The normalized spacial score (nSPS) is 12.2. The quantitative estimate of drug-likeness (QED) is 0.360. The number of thioether (sulfide) groups is 1. The summed E-state index contributed by atoms with van der Waals surface area (Å²) in [5.41, 5.74) is 2.15. The number of nitrogens with two attached hydrogens (primary N) is 1. The second-order valence-corrected chi connectivity index (χ2v) is 4.63. The molecule has 1 aromatic carbocycles. The van der Waals surface area contributed by atoms with Gasteiger partial charge in [-0.25, -0.2) is 10.2 Å². The molecular weight excluding hydrogens is 227 g/mol. The Bertz CT molecular complexity index is 342. The highest BCUT2D eigenvalue weighted by molar-refractivity contribution is 8.00.